The number of benzene rings is 2. The van der Waals surface area contributed by atoms with Crippen LogP contribution in [0.4, 0.5) is 24.5 Å². The topological polar surface area (TPSA) is 77.3 Å². The number of hydroxylamine groups is 1. The van der Waals surface area contributed by atoms with Crippen LogP contribution in [0.1, 0.15) is 17.5 Å². The molecule has 0 bridgehead atoms. The van der Waals surface area contributed by atoms with Gasteiger partial charge in [0.05, 0.1) is 11.3 Å². The van der Waals surface area contributed by atoms with Gasteiger partial charge in [-0.25, -0.2) is 4.99 Å². The Hall–Kier alpha value is -2.65. The fourth-order valence-corrected chi connectivity index (χ4v) is 3.25. The van der Waals surface area contributed by atoms with E-state index in [1.54, 1.807) is 18.2 Å². The summed E-state index contributed by atoms with van der Waals surface area (Å²) >= 11 is 5.88. The molecule has 0 aromatic heterocycles. The Kier molecular flexibility index (Phi) is 5.85. The van der Waals surface area contributed by atoms with Crippen LogP contribution in [0.5, 0.6) is 0 Å². The lowest BCUT2D eigenvalue weighted by Gasteiger charge is -2.23. The van der Waals surface area contributed by atoms with Gasteiger partial charge in [-0.1, -0.05) is 22.8 Å². The minimum atomic E-state index is -4.63. The Morgan fingerprint density at radius 3 is 2.64 bits per heavy atom. The number of alkyl halides is 3. The number of amidine groups is 1. The van der Waals surface area contributed by atoms with E-state index in [0.29, 0.717) is 23.7 Å². The molecule has 28 heavy (non-hydrogen) atoms. The first-order valence-electron chi connectivity index (χ1n) is 8.35. The summed E-state index contributed by atoms with van der Waals surface area (Å²) < 4.78 is 41.0. The molecule has 2 N–H and O–H groups in total. The highest BCUT2D eigenvalue weighted by molar-refractivity contribution is 6.30. The second-order valence-corrected chi connectivity index (χ2v) is 6.71. The molecule has 2 aromatic carbocycles. The summed E-state index contributed by atoms with van der Waals surface area (Å²) in [7, 11) is 0. The molecule has 0 radical (unpaired) electrons. The predicted octanol–water partition coefficient (Wildman–Crippen LogP) is 4.76. The maximum absolute atomic E-state index is 13.7. The molecule has 10 heteroatoms. The Morgan fingerprint density at radius 1 is 1.25 bits per heavy atom. The van der Waals surface area contributed by atoms with E-state index in [9.17, 15) is 23.3 Å². The summed E-state index contributed by atoms with van der Waals surface area (Å²) in [6.45, 7) is 0.439. The van der Waals surface area contributed by atoms with Gasteiger partial charge < -0.3 is 4.90 Å². The lowest BCUT2D eigenvalue weighted by Crippen LogP contribution is -2.25. The maximum Gasteiger partial charge on any atom is 0.418 e. The Bertz CT molecular complexity index is 905. The van der Waals surface area contributed by atoms with Crippen molar-refractivity contribution in [3.05, 3.63) is 63.5 Å². The highest BCUT2D eigenvalue weighted by Crippen LogP contribution is 2.38. The molecule has 0 spiro atoms. The van der Waals surface area contributed by atoms with Crippen molar-refractivity contribution < 1.29 is 18.4 Å². The van der Waals surface area contributed by atoms with E-state index < -0.39 is 17.8 Å². The van der Waals surface area contributed by atoms with Crippen LogP contribution in [-0.4, -0.2) is 30.2 Å². The first-order valence-corrected chi connectivity index (χ1v) is 8.73. The minimum Gasteiger partial charge on any atom is -0.369 e. The first kappa shape index (κ1) is 20.1. The third kappa shape index (κ3) is 4.42. The Labute approximate surface area is 163 Å². The molecule has 0 saturated carbocycles. The van der Waals surface area contributed by atoms with Crippen molar-refractivity contribution in [1.29, 1.82) is 0 Å². The summed E-state index contributed by atoms with van der Waals surface area (Å²) in [5.74, 6) is -0.159. The van der Waals surface area contributed by atoms with Crippen molar-refractivity contribution in [3.63, 3.8) is 0 Å². The molecule has 1 atom stereocenters. The molecular weight excluding hydrogens is 397 g/mol. The van der Waals surface area contributed by atoms with Gasteiger partial charge in [0.1, 0.15) is 6.04 Å². The van der Waals surface area contributed by atoms with Gasteiger partial charge in [0.15, 0.2) is 5.84 Å². The number of hydrogen-bond donors (Lipinski definition) is 2. The van der Waals surface area contributed by atoms with Gasteiger partial charge in [0, 0.05) is 29.4 Å². The molecule has 1 aliphatic rings. The number of nitrogens with zero attached hydrogens (tertiary/aromatic N) is 3. The SMILES string of the molecule is O=NC1CCN(c2ccc(C(=Nc3cccc(Cl)c3)NO)cc2C(F)(F)F)C1. The monoisotopic (exact) mass is 412 g/mol. The summed E-state index contributed by atoms with van der Waals surface area (Å²) in [4.78, 5) is 16.3. The Morgan fingerprint density at radius 2 is 2.04 bits per heavy atom. The van der Waals surface area contributed by atoms with E-state index in [0.717, 1.165) is 6.07 Å². The van der Waals surface area contributed by atoms with Gasteiger partial charge in [-0.3, -0.25) is 10.7 Å². The van der Waals surface area contributed by atoms with E-state index in [1.807, 2.05) is 5.48 Å². The molecule has 1 aliphatic heterocycles. The van der Waals surface area contributed by atoms with Crippen LogP contribution >= 0.6 is 11.6 Å². The zero-order chi connectivity index (χ0) is 20.3. The second-order valence-electron chi connectivity index (χ2n) is 6.28. The van der Waals surface area contributed by atoms with Gasteiger partial charge in [-0.2, -0.15) is 18.1 Å². The number of hydrogen-bond acceptors (Lipinski definition) is 5. The quantitative estimate of drug-likeness (QED) is 0.328. The lowest BCUT2D eigenvalue weighted by atomic mass is 10.1. The molecule has 0 aliphatic carbocycles. The van der Waals surface area contributed by atoms with E-state index in [4.69, 9.17) is 11.6 Å². The van der Waals surface area contributed by atoms with Crippen molar-refractivity contribution in [2.45, 2.75) is 18.6 Å². The number of anilines is 1. The number of halogens is 4. The molecule has 3 rings (SSSR count). The van der Waals surface area contributed by atoms with Gasteiger partial charge in [-0.15, -0.1) is 0 Å². The summed E-state index contributed by atoms with van der Waals surface area (Å²) in [5.41, 5.74) is 1.32. The van der Waals surface area contributed by atoms with Gasteiger partial charge in [0.2, 0.25) is 0 Å². The summed E-state index contributed by atoms with van der Waals surface area (Å²) in [5, 5.41) is 12.7. The number of rotatable bonds is 4. The summed E-state index contributed by atoms with van der Waals surface area (Å²) in [6.07, 6.45) is -4.23. The van der Waals surface area contributed by atoms with Gasteiger partial charge in [-0.05, 0) is 42.8 Å². The standard InChI is InChI=1S/C18H16ClF3N4O2/c19-12-2-1-3-13(9-12)23-17(25-28)11-4-5-16(15(8-11)18(20,21)22)26-7-6-14(10-26)24-27/h1-5,8-9,14,28H,6-7,10H2,(H,23,25). The van der Waals surface area contributed by atoms with Crippen molar-refractivity contribution in [2.24, 2.45) is 10.2 Å². The normalized spacial score (nSPS) is 17.7. The highest BCUT2D eigenvalue weighted by Gasteiger charge is 2.37. The number of aliphatic imine (C=N–C) groups is 1. The zero-order valence-electron chi connectivity index (χ0n) is 14.4. The average Bonchev–Trinajstić information content (AvgIpc) is 3.14. The number of nitroso groups, excluding NO2 is 1. The van der Waals surface area contributed by atoms with Crippen LogP contribution < -0.4 is 10.4 Å². The van der Waals surface area contributed by atoms with E-state index in [2.05, 4.69) is 10.2 Å². The van der Waals surface area contributed by atoms with Crippen molar-refractivity contribution in [3.8, 4) is 0 Å². The average molecular weight is 413 g/mol. The Balaban J connectivity index is 2.01. The van der Waals surface area contributed by atoms with Crippen LogP contribution in [0, 0.1) is 4.91 Å². The molecule has 148 valence electrons. The third-order valence-corrected chi connectivity index (χ3v) is 4.62. The van der Waals surface area contributed by atoms with Crippen LogP contribution in [0.25, 0.3) is 0 Å². The molecule has 0 amide bonds. The molecule has 1 saturated heterocycles. The van der Waals surface area contributed by atoms with Crippen LogP contribution in [0.2, 0.25) is 5.02 Å². The molecule has 2 aromatic rings. The first-order chi connectivity index (χ1) is 13.3. The highest BCUT2D eigenvalue weighted by atomic mass is 35.5. The maximum atomic E-state index is 13.7. The van der Waals surface area contributed by atoms with Crippen LogP contribution in [0.15, 0.2) is 52.6 Å². The third-order valence-electron chi connectivity index (χ3n) is 4.38. The van der Waals surface area contributed by atoms with Crippen molar-refractivity contribution >= 4 is 28.8 Å². The summed E-state index contributed by atoms with van der Waals surface area (Å²) in [6, 6.07) is 9.46. The second kappa shape index (κ2) is 8.15. The van der Waals surface area contributed by atoms with Crippen molar-refractivity contribution in [2.75, 3.05) is 18.0 Å². The fraction of sp³-hybridized carbons (Fsp3) is 0.278. The van der Waals surface area contributed by atoms with Crippen molar-refractivity contribution in [1.82, 2.24) is 5.48 Å². The molecule has 1 fully saturated rings. The number of nitrogens with one attached hydrogen (secondary N) is 1. The largest absolute Gasteiger partial charge is 0.418 e. The van der Waals surface area contributed by atoms with Crippen LogP contribution in [-0.2, 0) is 6.18 Å². The van der Waals surface area contributed by atoms with Gasteiger partial charge in [0.25, 0.3) is 0 Å². The van der Waals surface area contributed by atoms with Gasteiger partial charge >= 0.3 is 6.18 Å². The zero-order valence-corrected chi connectivity index (χ0v) is 15.2. The van der Waals surface area contributed by atoms with Crippen LogP contribution in [0.3, 0.4) is 0 Å². The van der Waals surface area contributed by atoms with E-state index in [-0.39, 0.29) is 23.6 Å². The smallest absolute Gasteiger partial charge is 0.369 e. The molecular formula is C18H16ClF3N4O2. The minimum absolute atomic E-state index is 0.0394. The van der Waals surface area contributed by atoms with E-state index >= 15 is 0 Å². The molecule has 6 nitrogen and oxygen atoms in total. The molecule has 1 unspecified atom stereocenters. The lowest BCUT2D eigenvalue weighted by molar-refractivity contribution is -0.137. The van der Waals surface area contributed by atoms with E-state index in [1.165, 1.54) is 23.1 Å². The predicted molar refractivity (Wildman–Crippen MR) is 100 cm³/mol. The fourth-order valence-electron chi connectivity index (χ4n) is 3.06. The molecule has 1 heterocycles.